The summed E-state index contributed by atoms with van der Waals surface area (Å²) in [4.78, 5) is 0. The van der Waals surface area contributed by atoms with E-state index in [1.165, 1.54) is 32.5 Å². The Bertz CT molecular complexity index is 707. The number of rotatable bonds is 1. The molecule has 3 heteroatoms. The summed E-state index contributed by atoms with van der Waals surface area (Å²) in [7, 11) is 0. The van der Waals surface area contributed by atoms with Gasteiger partial charge in [0.1, 0.15) is 0 Å². The third-order valence-electron chi connectivity index (χ3n) is 3.93. The molecule has 4 rings (SSSR count). The van der Waals surface area contributed by atoms with Crippen LogP contribution in [0.1, 0.15) is 23.6 Å². The van der Waals surface area contributed by atoms with Crippen LogP contribution in [0.15, 0.2) is 60.1 Å². The highest BCUT2D eigenvalue weighted by atomic mass is 79.9. The minimum Gasteiger partial charge on any atom is -0.384 e. The molecule has 126 valence electrons. The second kappa shape index (κ2) is 9.33. The van der Waals surface area contributed by atoms with E-state index in [0.29, 0.717) is 0 Å². The molecule has 2 aromatic carbocycles. The van der Waals surface area contributed by atoms with Crippen LogP contribution in [-0.2, 0) is 12.8 Å². The first-order valence-electron chi connectivity index (χ1n) is 8.27. The Kier molecular flexibility index (Phi) is 7.13. The topological polar surface area (TPSA) is 24.1 Å². The second-order valence-electron chi connectivity index (χ2n) is 5.61. The molecule has 0 bridgehead atoms. The maximum atomic E-state index is 3.78. The van der Waals surface area contributed by atoms with Crippen LogP contribution in [0.3, 0.4) is 0 Å². The summed E-state index contributed by atoms with van der Waals surface area (Å²) in [6.07, 6.45) is 5.96. The molecule has 0 radical (unpaired) electrons. The lowest BCUT2D eigenvalue weighted by atomic mass is 10.1. The third-order valence-corrected chi connectivity index (χ3v) is 4.67. The van der Waals surface area contributed by atoms with E-state index in [1.807, 2.05) is 13.0 Å². The summed E-state index contributed by atoms with van der Waals surface area (Å²) in [6.45, 7) is 11.2. The highest BCUT2D eigenvalue weighted by Gasteiger charge is 2.11. The zero-order valence-electron chi connectivity index (χ0n) is 14.2. The molecule has 0 fully saturated rings. The van der Waals surface area contributed by atoms with Crippen molar-refractivity contribution in [1.82, 2.24) is 0 Å². The molecule has 0 aromatic heterocycles. The van der Waals surface area contributed by atoms with Crippen molar-refractivity contribution < 1.29 is 0 Å². The average Bonchev–Trinajstić information content (AvgIpc) is 3.25. The summed E-state index contributed by atoms with van der Waals surface area (Å²) in [5.41, 5.74) is 6.68. The van der Waals surface area contributed by atoms with E-state index in [2.05, 4.69) is 76.1 Å². The first-order valence-corrected chi connectivity index (χ1v) is 9.07. The number of hydrogen-bond acceptors (Lipinski definition) is 2. The molecule has 2 aliphatic heterocycles. The van der Waals surface area contributed by atoms with E-state index in [0.717, 1.165) is 25.9 Å². The molecule has 24 heavy (non-hydrogen) atoms. The molecule has 2 N–H and O–H groups in total. The van der Waals surface area contributed by atoms with Crippen molar-refractivity contribution in [1.29, 1.82) is 0 Å². The van der Waals surface area contributed by atoms with Gasteiger partial charge in [0.05, 0.1) is 0 Å². The van der Waals surface area contributed by atoms with Gasteiger partial charge in [-0.2, -0.15) is 0 Å². The molecule has 0 aliphatic carbocycles. The number of fused-ring (bicyclic) bond motifs is 2. The first kappa shape index (κ1) is 18.3. The molecule has 2 aromatic rings. The van der Waals surface area contributed by atoms with Gasteiger partial charge in [0.2, 0.25) is 0 Å². The second-order valence-corrected chi connectivity index (χ2v) is 6.46. The lowest BCUT2D eigenvalue weighted by Gasteiger charge is -2.01. The minimum absolute atomic E-state index is 1.07. The number of allylic oxidation sites excluding steroid dienone is 1. The maximum Gasteiger partial charge on any atom is 0.0384 e. The smallest absolute Gasteiger partial charge is 0.0384 e. The molecule has 0 amide bonds. The van der Waals surface area contributed by atoms with Crippen LogP contribution in [0.5, 0.6) is 0 Å². The number of benzene rings is 2. The molecule has 2 aliphatic rings. The van der Waals surface area contributed by atoms with Gasteiger partial charge in [0, 0.05) is 28.9 Å². The minimum atomic E-state index is 1.07. The summed E-state index contributed by atoms with van der Waals surface area (Å²) in [5, 5.41) is 6.64. The fraction of sp³-hybridized carbons (Fsp3) is 0.238. The highest BCUT2D eigenvalue weighted by Crippen LogP contribution is 2.28. The highest BCUT2D eigenvalue weighted by molar-refractivity contribution is 9.10. The number of anilines is 2. The predicted octanol–water partition coefficient (Wildman–Crippen LogP) is 5.91. The van der Waals surface area contributed by atoms with E-state index in [9.17, 15) is 0 Å². The van der Waals surface area contributed by atoms with Crippen LogP contribution >= 0.6 is 15.9 Å². The van der Waals surface area contributed by atoms with Crippen LogP contribution in [0.4, 0.5) is 11.4 Å². The Hall–Kier alpha value is -2.00. The SMILES string of the molecule is Brc1cccc2c1CCN2.C=CC.C=Cc1cccc2c1CCN2. The van der Waals surface area contributed by atoms with Crippen molar-refractivity contribution >= 4 is 33.4 Å². The fourth-order valence-electron chi connectivity index (χ4n) is 2.86. The Balaban J connectivity index is 0.000000150. The van der Waals surface area contributed by atoms with Gasteiger partial charge in [-0.05, 0) is 54.7 Å². The largest absolute Gasteiger partial charge is 0.384 e. The van der Waals surface area contributed by atoms with Crippen LogP contribution in [0.2, 0.25) is 0 Å². The third kappa shape index (κ3) is 4.51. The molecular weight excluding hydrogens is 360 g/mol. The van der Waals surface area contributed by atoms with E-state index >= 15 is 0 Å². The first-order chi connectivity index (χ1) is 11.7. The number of halogens is 1. The molecule has 0 unspecified atom stereocenters. The van der Waals surface area contributed by atoms with E-state index in [1.54, 1.807) is 6.08 Å². The Morgan fingerprint density at radius 2 is 1.46 bits per heavy atom. The molecule has 0 saturated heterocycles. The quantitative estimate of drug-likeness (QED) is 0.597. The van der Waals surface area contributed by atoms with Gasteiger partial charge >= 0.3 is 0 Å². The van der Waals surface area contributed by atoms with Crippen LogP contribution in [0, 0.1) is 0 Å². The van der Waals surface area contributed by atoms with Crippen molar-refractivity contribution in [3.05, 3.63) is 76.8 Å². The monoisotopic (exact) mass is 384 g/mol. The van der Waals surface area contributed by atoms with Gasteiger partial charge in [0.25, 0.3) is 0 Å². The van der Waals surface area contributed by atoms with Gasteiger partial charge in [0.15, 0.2) is 0 Å². The van der Waals surface area contributed by atoms with Gasteiger partial charge in [-0.25, -0.2) is 0 Å². The maximum absolute atomic E-state index is 3.78. The normalized spacial score (nSPS) is 12.9. The summed E-state index contributed by atoms with van der Waals surface area (Å²) in [6, 6.07) is 12.6. The van der Waals surface area contributed by atoms with Crippen LogP contribution < -0.4 is 10.6 Å². The summed E-state index contributed by atoms with van der Waals surface area (Å²) >= 11 is 3.51. The van der Waals surface area contributed by atoms with Gasteiger partial charge < -0.3 is 10.6 Å². The van der Waals surface area contributed by atoms with Crippen molar-refractivity contribution in [3.8, 4) is 0 Å². The lowest BCUT2D eigenvalue weighted by Crippen LogP contribution is -1.90. The van der Waals surface area contributed by atoms with E-state index in [4.69, 9.17) is 0 Å². The molecule has 0 saturated carbocycles. The standard InChI is InChI=1S/C10H11N.C8H8BrN.C3H6/c1-2-8-4-3-5-10-9(8)6-7-11-10;9-7-2-1-3-8-6(7)4-5-10-8;1-3-2/h2-5,11H,1,6-7H2;1-3,10H,4-5H2;3H,1H2,2H3. The lowest BCUT2D eigenvalue weighted by molar-refractivity contribution is 1.10. The Morgan fingerprint density at radius 3 is 2.04 bits per heavy atom. The van der Waals surface area contributed by atoms with Crippen molar-refractivity contribution in [2.24, 2.45) is 0 Å². The fourth-order valence-corrected chi connectivity index (χ4v) is 3.43. The van der Waals surface area contributed by atoms with Gasteiger partial charge in [-0.1, -0.05) is 52.9 Å². The zero-order valence-corrected chi connectivity index (χ0v) is 15.8. The van der Waals surface area contributed by atoms with Gasteiger partial charge in [-0.3, -0.25) is 0 Å². The van der Waals surface area contributed by atoms with Crippen molar-refractivity contribution in [2.45, 2.75) is 19.8 Å². The van der Waals surface area contributed by atoms with Crippen molar-refractivity contribution in [2.75, 3.05) is 23.7 Å². The number of hydrogen-bond donors (Lipinski definition) is 2. The van der Waals surface area contributed by atoms with Crippen LogP contribution in [0.25, 0.3) is 6.08 Å². The average molecular weight is 385 g/mol. The summed E-state index contributed by atoms with van der Waals surface area (Å²) < 4.78 is 1.23. The Labute approximate surface area is 153 Å². The van der Waals surface area contributed by atoms with Crippen LogP contribution in [-0.4, -0.2) is 13.1 Å². The zero-order chi connectivity index (χ0) is 17.4. The molecule has 0 spiro atoms. The molecule has 2 nitrogen and oxygen atoms in total. The van der Waals surface area contributed by atoms with Crippen molar-refractivity contribution in [3.63, 3.8) is 0 Å². The number of nitrogens with one attached hydrogen (secondary N) is 2. The van der Waals surface area contributed by atoms with E-state index in [-0.39, 0.29) is 0 Å². The van der Waals surface area contributed by atoms with Gasteiger partial charge in [-0.15, -0.1) is 6.58 Å². The summed E-state index contributed by atoms with van der Waals surface area (Å²) in [5.74, 6) is 0. The molecule has 2 heterocycles. The molecule has 0 atom stereocenters. The Morgan fingerprint density at radius 1 is 0.917 bits per heavy atom. The van der Waals surface area contributed by atoms with E-state index < -0.39 is 0 Å². The predicted molar refractivity (Wildman–Crippen MR) is 111 cm³/mol. The molecular formula is C21H25BrN2.